The monoisotopic (exact) mass is 517 g/mol. The van der Waals surface area contributed by atoms with Crippen molar-refractivity contribution in [3.8, 4) is 0 Å². The third-order valence-corrected chi connectivity index (χ3v) is 6.07. The number of carbonyl (C=O) groups excluding carboxylic acids is 2. The standard InChI is InChI=1S/C26H24F4N2O2.C2H7N/c27-21-5-3-17(13-23(21)29)11-19-15-32(25(33)7-10-31-8-1-2-9-31)16-20(26(19)34)12-18-4-6-22(28)24(30)14-18;1-3-2/h3-6,11-14H,1-2,7-10,15-16H2;3H,1-2H3/b19-11+,20-12+;. The van der Waals surface area contributed by atoms with Crippen LogP contribution in [0.3, 0.4) is 0 Å². The van der Waals surface area contributed by atoms with E-state index < -0.39 is 29.1 Å². The summed E-state index contributed by atoms with van der Waals surface area (Å²) in [5.41, 5.74) is 1.00. The zero-order chi connectivity index (χ0) is 26.9. The van der Waals surface area contributed by atoms with Crippen molar-refractivity contribution in [1.29, 1.82) is 0 Å². The summed E-state index contributed by atoms with van der Waals surface area (Å²) in [6.07, 6.45) is 5.34. The summed E-state index contributed by atoms with van der Waals surface area (Å²) in [5.74, 6) is -4.64. The molecule has 0 aliphatic carbocycles. The summed E-state index contributed by atoms with van der Waals surface area (Å²) in [6.45, 7) is 2.56. The molecule has 198 valence electrons. The average molecular weight is 518 g/mol. The van der Waals surface area contributed by atoms with E-state index in [1.165, 1.54) is 29.2 Å². The molecule has 5 nitrogen and oxygen atoms in total. The highest BCUT2D eigenvalue weighted by molar-refractivity contribution is 6.15. The van der Waals surface area contributed by atoms with Crippen molar-refractivity contribution in [3.05, 3.63) is 81.9 Å². The predicted octanol–water partition coefficient (Wildman–Crippen LogP) is 4.44. The van der Waals surface area contributed by atoms with Gasteiger partial charge in [-0.15, -0.1) is 0 Å². The van der Waals surface area contributed by atoms with E-state index in [0.717, 1.165) is 50.2 Å². The molecule has 0 radical (unpaired) electrons. The molecule has 2 aromatic rings. The highest BCUT2D eigenvalue weighted by Gasteiger charge is 2.29. The molecule has 1 amide bonds. The van der Waals surface area contributed by atoms with Crippen molar-refractivity contribution in [2.45, 2.75) is 19.3 Å². The zero-order valence-electron chi connectivity index (χ0n) is 21.0. The van der Waals surface area contributed by atoms with Crippen LogP contribution >= 0.6 is 0 Å². The number of carbonyl (C=O) groups is 2. The fourth-order valence-electron chi connectivity index (χ4n) is 4.24. The summed E-state index contributed by atoms with van der Waals surface area (Å²) in [7, 11) is 3.75. The van der Waals surface area contributed by atoms with Gasteiger partial charge in [-0.3, -0.25) is 9.59 Å². The molecule has 4 rings (SSSR count). The molecule has 2 saturated heterocycles. The Morgan fingerprint density at radius 1 is 0.838 bits per heavy atom. The van der Waals surface area contributed by atoms with Crippen LogP contribution in [0.2, 0.25) is 0 Å². The molecule has 0 aromatic heterocycles. The molecule has 2 aliphatic heterocycles. The van der Waals surface area contributed by atoms with Crippen LogP contribution in [0.5, 0.6) is 0 Å². The van der Waals surface area contributed by atoms with E-state index in [4.69, 9.17) is 0 Å². The number of hydrogen-bond acceptors (Lipinski definition) is 4. The first-order chi connectivity index (χ1) is 17.7. The summed E-state index contributed by atoms with van der Waals surface area (Å²) in [6, 6.07) is 6.56. The largest absolute Gasteiger partial charge is 0.334 e. The van der Waals surface area contributed by atoms with Crippen molar-refractivity contribution in [3.63, 3.8) is 0 Å². The second-order valence-electron chi connectivity index (χ2n) is 9.06. The maximum absolute atomic E-state index is 13.7. The van der Waals surface area contributed by atoms with Gasteiger partial charge in [0.05, 0.1) is 0 Å². The first-order valence-corrected chi connectivity index (χ1v) is 12.2. The minimum absolute atomic E-state index is 0.0196. The molecule has 0 saturated carbocycles. The maximum atomic E-state index is 13.7. The Labute approximate surface area is 214 Å². The number of halogens is 4. The molecule has 2 fully saturated rings. The topological polar surface area (TPSA) is 52.7 Å². The van der Waals surface area contributed by atoms with Crippen molar-refractivity contribution in [2.24, 2.45) is 0 Å². The van der Waals surface area contributed by atoms with Gasteiger partial charge in [0.15, 0.2) is 29.1 Å². The highest BCUT2D eigenvalue weighted by Crippen LogP contribution is 2.24. The number of nitrogens with zero attached hydrogens (tertiary/aromatic N) is 2. The van der Waals surface area contributed by atoms with Gasteiger partial charge in [-0.05, 0) is 87.6 Å². The number of hydrogen-bond donors (Lipinski definition) is 1. The Bertz CT molecular complexity index is 1120. The Hall–Kier alpha value is -3.30. The fraction of sp³-hybridized carbons (Fsp3) is 0.357. The quantitative estimate of drug-likeness (QED) is 0.471. The van der Waals surface area contributed by atoms with Crippen molar-refractivity contribution in [2.75, 3.05) is 46.8 Å². The lowest BCUT2D eigenvalue weighted by atomic mass is 9.94. The number of rotatable bonds is 5. The Morgan fingerprint density at radius 2 is 1.30 bits per heavy atom. The third kappa shape index (κ3) is 7.84. The van der Waals surface area contributed by atoms with Gasteiger partial charge in [-0.2, -0.15) is 0 Å². The number of likely N-dealkylation sites (tertiary alicyclic amines) is 2. The van der Waals surface area contributed by atoms with Gasteiger partial charge in [-0.25, -0.2) is 17.6 Å². The Kier molecular flexibility index (Phi) is 10.2. The summed E-state index contributed by atoms with van der Waals surface area (Å²) in [4.78, 5) is 29.9. The summed E-state index contributed by atoms with van der Waals surface area (Å²) < 4.78 is 54.0. The maximum Gasteiger partial charge on any atom is 0.224 e. The zero-order valence-corrected chi connectivity index (χ0v) is 21.0. The number of amides is 1. The van der Waals surface area contributed by atoms with Gasteiger partial charge in [-0.1, -0.05) is 12.1 Å². The van der Waals surface area contributed by atoms with Crippen LogP contribution in [0.25, 0.3) is 12.2 Å². The third-order valence-electron chi connectivity index (χ3n) is 6.07. The summed E-state index contributed by atoms with van der Waals surface area (Å²) in [5, 5.41) is 2.75. The fourth-order valence-corrected chi connectivity index (χ4v) is 4.24. The SMILES string of the molecule is CNC.O=C1/C(=C/c2ccc(F)c(F)c2)CN(C(=O)CCN2CCCC2)C/C1=C\c1ccc(F)c(F)c1. The minimum Gasteiger partial charge on any atom is -0.334 e. The van der Waals surface area contributed by atoms with Crippen LogP contribution in [-0.2, 0) is 9.59 Å². The van der Waals surface area contributed by atoms with E-state index >= 15 is 0 Å². The first kappa shape index (κ1) is 28.3. The lowest BCUT2D eigenvalue weighted by Gasteiger charge is -2.30. The van der Waals surface area contributed by atoms with Crippen molar-refractivity contribution < 1.29 is 27.2 Å². The van der Waals surface area contributed by atoms with Crippen LogP contribution in [-0.4, -0.2) is 68.3 Å². The molecular weight excluding hydrogens is 486 g/mol. The Balaban J connectivity index is 0.00000121. The van der Waals surface area contributed by atoms with Crippen molar-refractivity contribution >= 4 is 23.8 Å². The normalized spacial score (nSPS) is 18.3. The van der Waals surface area contributed by atoms with Crippen LogP contribution in [0, 0.1) is 23.3 Å². The minimum atomic E-state index is -1.05. The molecule has 0 unspecified atom stereocenters. The molecular formula is C28H31F4N3O2. The Morgan fingerprint density at radius 3 is 1.73 bits per heavy atom. The van der Waals surface area contributed by atoms with Crippen molar-refractivity contribution in [1.82, 2.24) is 15.1 Å². The number of ketones is 1. The first-order valence-electron chi connectivity index (χ1n) is 12.2. The van der Waals surface area contributed by atoms with Crippen LogP contribution in [0.4, 0.5) is 17.6 Å². The van der Waals surface area contributed by atoms with Gasteiger partial charge in [0.2, 0.25) is 5.91 Å². The van der Waals surface area contributed by atoms with Crippen LogP contribution in [0.1, 0.15) is 30.4 Å². The van der Waals surface area contributed by atoms with Crippen LogP contribution in [0.15, 0.2) is 47.5 Å². The molecule has 0 atom stereocenters. The smallest absolute Gasteiger partial charge is 0.224 e. The van der Waals surface area contributed by atoms with E-state index in [1.807, 2.05) is 14.1 Å². The van der Waals surface area contributed by atoms with Crippen LogP contribution < -0.4 is 5.32 Å². The number of benzene rings is 2. The molecule has 2 heterocycles. The molecule has 2 aliphatic rings. The second kappa shape index (κ2) is 13.3. The van der Waals surface area contributed by atoms with Gasteiger partial charge >= 0.3 is 0 Å². The lowest BCUT2D eigenvalue weighted by molar-refractivity contribution is -0.131. The predicted molar refractivity (Wildman–Crippen MR) is 136 cm³/mol. The van der Waals surface area contributed by atoms with E-state index in [-0.39, 0.29) is 47.7 Å². The second-order valence-corrected chi connectivity index (χ2v) is 9.06. The average Bonchev–Trinajstić information content (AvgIpc) is 3.39. The van der Waals surface area contributed by atoms with E-state index in [0.29, 0.717) is 6.54 Å². The number of nitrogens with one attached hydrogen (secondary N) is 1. The highest BCUT2D eigenvalue weighted by atomic mass is 19.2. The molecule has 9 heteroatoms. The molecule has 37 heavy (non-hydrogen) atoms. The lowest BCUT2D eigenvalue weighted by Crippen LogP contribution is -2.42. The van der Waals surface area contributed by atoms with E-state index in [9.17, 15) is 27.2 Å². The van der Waals surface area contributed by atoms with Gasteiger partial charge < -0.3 is 15.1 Å². The summed E-state index contributed by atoms with van der Waals surface area (Å²) >= 11 is 0. The molecule has 2 aromatic carbocycles. The number of Topliss-reactive ketones (excluding diaryl/α,β-unsaturated/α-hetero) is 1. The van der Waals surface area contributed by atoms with Gasteiger partial charge in [0, 0.05) is 37.2 Å². The van der Waals surface area contributed by atoms with E-state index in [2.05, 4.69) is 10.2 Å². The van der Waals surface area contributed by atoms with E-state index in [1.54, 1.807) is 0 Å². The molecule has 0 bridgehead atoms. The van der Waals surface area contributed by atoms with Gasteiger partial charge in [0.1, 0.15) is 0 Å². The molecule has 1 N–H and O–H groups in total. The van der Waals surface area contributed by atoms with Gasteiger partial charge in [0.25, 0.3) is 0 Å². The molecule has 0 spiro atoms. The number of piperidine rings is 1.